The number of carbonyl (C=O) groups excluding carboxylic acids is 2. The lowest BCUT2D eigenvalue weighted by Crippen LogP contribution is -2.37. The quantitative estimate of drug-likeness (QED) is 0.721. The van der Waals surface area contributed by atoms with Crippen molar-refractivity contribution in [1.29, 1.82) is 0 Å². The van der Waals surface area contributed by atoms with Crippen LogP contribution in [0.4, 0.5) is 5.69 Å². The highest BCUT2D eigenvalue weighted by atomic mass is 16.2. The summed E-state index contributed by atoms with van der Waals surface area (Å²) in [4.78, 5) is 37.8. The fourth-order valence-electron chi connectivity index (χ4n) is 4.71. The predicted molar refractivity (Wildman–Crippen MR) is 116 cm³/mol. The number of hydrogen-bond acceptors (Lipinski definition) is 3. The van der Waals surface area contributed by atoms with Crippen molar-refractivity contribution in [3.05, 3.63) is 59.9 Å². The van der Waals surface area contributed by atoms with Gasteiger partial charge in [0.2, 0.25) is 11.8 Å². The van der Waals surface area contributed by atoms with Gasteiger partial charge in [0.15, 0.2) is 0 Å². The molecule has 5 rings (SSSR count). The molecule has 2 amide bonds. The maximum absolute atomic E-state index is 13.4. The first-order valence-electron chi connectivity index (χ1n) is 10.8. The second-order valence-corrected chi connectivity index (χ2v) is 8.25. The molecule has 2 fully saturated rings. The van der Waals surface area contributed by atoms with E-state index in [4.69, 9.17) is 4.98 Å². The maximum atomic E-state index is 13.4. The van der Waals surface area contributed by atoms with E-state index in [9.17, 15) is 9.59 Å². The molecule has 2 aliphatic rings. The van der Waals surface area contributed by atoms with Gasteiger partial charge in [-0.25, -0.2) is 4.98 Å². The summed E-state index contributed by atoms with van der Waals surface area (Å²) >= 11 is 0. The molecule has 1 aromatic heterocycles. The van der Waals surface area contributed by atoms with Gasteiger partial charge < -0.3 is 14.8 Å². The predicted octanol–water partition coefficient (Wildman–Crippen LogP) is 3.84. The Labute approximate surface area is 175 Å². The van der Waals surface area contributed by atoms with Crippen LogP contribution in [0.1, 0.15) is 43.6 Å². The third kappa shape index (κ3) is 3.26. The number of carbonyl (C=O) groups is 2. The number of anilines is 1. The summed E-state index contributed by atoms with van der Waals surface area (Å²) in [6.45, 7) is 3.28. The second kappa shape index (κ2) is 7.59. The maximum Gasteiger partial charge on any atom is 0.228 e. The Hall–Kier alpha value is -3.15. The third-order valence-corrected chi connectivity index (χ3v) is 6.39. The third-order valence-electron chi connectivity index (χ3n) is 6.39. The summed E-state index contributed by atoms with van der Waals surface area (Å²) < 4.78 is 0. The molecule has 154 valence electrons. The molecule has 3 aromatic rings. The molecular weight excluding hydrogens is 376 g/mol. The monoisotopic (exact) mass is 402 g/mol. The van der Waals surface area contributed by atoms with Crippen LogP contribution < -0.4 is 4.90 Å². The first-order valence-corrected chi connectivity index (χ1v) is 10.8. The van der Waals surface area contributed by atoms with Crippen molar-refractivity contribution in [3.63, 3.8) is 0 Å². The molecule has 6 nitrogen and oxygen atoms in total. The van der Waals surface area contributed by atoms with Gasteiger partial charge in [0, 0.05) is 25.2 Å². The van der Waals surface area contributed by atoms with Gasteiger partial charge in [-0.2, -0.15) is 0 Å². The van der Waals surface area contributed by atoms with Crippen molar-refractivity contribution < 1.29 is 9.59 Å². The SMILES string of the molecule is CCc1ccc(N2CC(C(=O)N3CCCC3c3nc4ccccc4[nH]3)CC2=O)cc1. The van der Waals surface area contributed by atoms with Crippen LogP contribution in [0.15, 0.2) is 48.5 Å². The van der Waals surface area contributed by atoms with Crippen LogP contribution in [-0.4, -0.2) is 39.8 Å². The van der Waals surface area contributed by atoms with Gasteiger partial charge in [-0.1, -0.05) is 31.2 Å². The minimum atomic E-state index is -0.298. The molecule has 0 spiro atoms. The van der Waals surface area contributed by atoms with E-state index in [0.717, 1.165) is 48.4 Å². The molecule has 2 atom stereocenters. The van der Waals surface area contributed by atoms with Crippen molar-refractivity contribution in [2.24, 2.45) is 5.92 Å². The molecule has 0 saturated carbocycles. The van der Waals surface area contributed by atoms with Gasteiger partial charge in [-0.15, -0.1) is 0 Å². The molecule has 2 saturated heterocycles. The zero-order valence-electron chi connectivity index (χ0n) is 17.2. The Bertz CT molecular complexity index is 1060. The van der Waals surface area contributed by atoms with Crippen molar-refractivity contribution >= 4 is 28.5 Å². The number of nitrogens with one attached hydrogen (secondary N) is 1. The lowest BCUT2D eigenvalue weighted by Gasteiger charge is -2.26. The topological polar surface area (TPSA) is 69.3 Å². The molecule has 30 heavy (non-hydrogen) atoms. The molecule has 0 bridgehead atoms. The van der Waals surface area contributed by atoms with Gasteiger partial charge in [0.05, 0.1) is 23.0 Å². The number of amides is 2. The fraction of sp³-hybridized carbons (Fsp3) is 0.375. The Morgan fingerprint density at radius 2 is 1.97 bits per heavy atom. The van der Waals surface area contributed by atoms with Crippen LogP contribution in [0.5, 0.6) is 0 Å². The van der Waals surface area contributed by atoms with Crippen LogP contribution >= 0.6 is 0 Å². The van der Waals surface area contributed by atoms with E-state index in [1.54, 1.807) is 4.90 Å². The van der Waals surface area contributed by atoms with Gasteiger partial charge in [0.1, 0.15) is 5.82 Å². The first kappa shape index (κ1) is 18.9. The Morgan fingerprint density at radius 1 is 1.17 bits per heavy atom. The zero-order chi connectivity index (χ0) is 20.7. The van der Waals surface area contributed by atoms with Gasteiger partial charge >= 0.3 is 0 Å². The number of nitrogens with zero attached hydrogens (tertiary/aromatic N) is 3. The standard InChI is InChI=1S/C24H26N4O2/c1-2-16-9-11-18(12-10-16)28-15-17(14-22(28)29)24(30)27-13-5-8-21(27)23-25-19-6-3-4-7-20(19)26-23/h3-4,6-7,9-12,17,21H,2,5,8,13-15H2,1H3,(H,25,26). The number of benzene rings is 2. The fourth-order valence-corrected chi connectivity index (χ4v) is 4.71. The molecular formula is C24H26N4O2. The molecule has 0 aliphatic carbocycles. The number of aryl methyl sites for hydroxylation is 1. The lowest BCUT2D eigenvalue weighted by molar-refractivity contribution is -0.136. The average molecular weight is 402 g/mol. The van der Waals surface area contributed by atoms with Crippen LogP contribution in [0.25, 0.3) is 11.0 Å². The Kier molecular flexibility index (Phi) is 4.77. The Morgan fingerprint density at radius 3 is 2.73 bits per heavy atom. The van der Waals surface area contributed by atoms with Crippen LogP contribution in [0.3, 0.4) is 0 Å². The van der Waals surface area contributed by atoms with Crippen molar-refractivity contribution in [2.75, 3.05) is 18.0 Å². The molecule has 6 heteroatoms. The van der Waals surface area contributed by atoms with E-state index < -0.39 is 0 Å². The smallest absolute Gasteiger partial charge is 0.228 e. The number of rotatable bonds is 4. The van der Waals surface area contributed by atoms with Gasteiger partial charge in [0.25, 0.3) is 0 Å². The number of hydrogen-bond donors (Lipinski definition) is 1. The normalized spacial score (nSPS) is 21.7. The molecule has 2 unspecified atom stereocenters. The number of H-pyrrole nitrogens is 1. The van der Waals surface area contributed by atoms with Crippen molar-refractivity contribution in [2.45, 2.75) is 38.6 Å². The summed E-state index contributed by atoms with van der Waals surface area (Å²) in [5.74, 6) is 0.641. The summed E-state index contributed by atoms with van der Waals surface area (Å²) in [7, 11) is 0. The number of imidazole rings is 1. The number of para-hydroxylation sites is 2. The average Bonchev–Trinajstić information content (AvgIpc) is 3.50. The number of fused-ring (bicyclic) bond motifs is 1. The molecule has 2 aromatic carbocycles. The largest absolute Gasteiger partial charge is 0.340 e. The van der Waals surface area contributed by atoms with E-state index in [0.29, 0.717) is 6.54 Å². The van der Waals surface area contributed by atoms with E-state index in [1.165, 1.54) is 5.56 Å². The van der Waals surface area contributed by atoms with Crippen molar-refractivity contribution in [1.82, 2.24) is 14.9 Å². The van der Waals surface area contributed by atoms with Crippen LogP contribution in [0.2, 0.25) is 0 Å². The Balaban J connectivity index is 1.34. The highest BCUT2D eigenvalue weighted by Gasteiger charge is 2.41. The number of aromatic amines is 1. The minimum Gasteiger partial charge on any atom is -0.340 e. The van der Waals surface area contributed by atoms with Crippen molar-refractivity contribution in [3.8, 4) is 0 Å². The first-order chi connectivity index (χ1) is 14.6. The summed E-state index contributed by atoms with van der Waals surface area (Å²) in [5, 5.41) is 0. The molecule has 2 aliphatic heterocycles. The molecule has 3 heterocycles. The lowest BCUT2D eigenvalue weighted by atomic mass is 10.1. The van der Waals surface area contributed by atoms with Gasteiger partial charge in [-0.3, -0.25) is 9.59 Å². The zero-order valence-corrected chi connectivity index (χ0v) is 17.2. The van der Waals surface area contributed by atoms with E-state index in [-0.39, 0.29) is 30.2 Å². The summed E-state index contributed by atoms with van der Waals surface area (Å²) in [5.41, 5.74) is 4.03. The molecule has 0 radical (unpaired) electrons. The number of likely N-dealkylation sites (tertiary alicyclic amines) is 1. The summed E-state index contributed by atoms with van der Waals surface area (Å²) in [6.07, 6.45) is 3.09. The number of aromatic nitrogens is 2. The van der Waals surface area contributed by atoms with E-state index in [2.05, 4.69) is 24.0 Å². The van der Waals surface area contributed by atoms with Gasteiger partial charge in [-0.05, 0) is 49.1 Å². The van der Waals surface area contributed by atoms with Crippen LogP contribution in [0, 0.1) is 5.92 Å². The summed E-state index contributed by atoms with van der Waals surface area (Å²) in [6, 6.07) is 16.0. The second-order valence-electron chi connectivity index (χ2n) is 8.25. The highest BCUT2D eigenvalue weighted by molar-refractivity contribution is 6.00. The minimum absolute atomic E-state index is 0.0251. The van der Waals surface area contributed by atoms with E-state index in [1.807, 2.05) is 41.3 Å². The highest BCUT2D eigenvalue weighted by Crippen LogP contribution is 2.35. The van der Waals surface area contributed by atoms with Crippen LogP contribution in [-0.2, 0) is 16.0 Å². The molecule has 1 N–H and O–H groups in total. The van der Waals surface area contributed by atoms with E-state index >= 15 is 0 Å².